The van der Waals surface area contributed by atoms with E-state index in [0.717, 1.165) is 6.08 Å². The third-order valence-electron chi connectivity index (χ3n) is 2.31. The minimum atomic E-state index is -1.00. The van der Waals surface area contributed by atoms with Gasteiger partial charge in [-0.25, -0.2) is 14.3 Å². The molecular weight excluding hydrogens is 250 g/mol. The quantitative estimate of drug-likeness (QED) is 0.378. The molecule has 2 rings (SSSR count). The second kappa shape index (κ2) is 5.30. The monoisotopic (exact) mass is 261 g/mol. The number of ketones is 1. The molecule has 0 radical (unpaired) electrons. The minimum absolute atomic E-state index is 0.101. The van der Waals surface area contributed by atoms with Crippen molar-refractivity contribution in [3.8, 4) is 0 Å². The van der Waals surface area contributed by atoms with Gasteiger partial charge in [0.15, 0.2) is 5.65 Å². The molecule has 0 unspecified atom stereocenters. The summed E-state index contributed by atoms with van der Waals surface area (Å²) in [4.78, 5) is 26.5. The van der Waals surface area contributed by atoms with E-state index in [9.17, 15) is 14.7 Å². The van der Waals surface area contributed by atoms with Crippen LogP contribution in [0.4, 0.5) is 0 Å². The van der Waals surface area contributed by atoms with Gasteiger partial charge in [-0.1, -0.05) is 0 Å². The maximum atomic E-state index is 11.4. The number of pyridine rings is 1. The number of aliphatic hydroxyl groups excluding tert-OH is 1. The topological polar surface area (TPSA) is 93.8 Å². The van der Waals surface area contributed by atoms with E-state index in [0.29, 0.717) is 11.2 Å². The predicted octanol–water partition coefficient (Wildman–Crippen LogP) is 0.760. The molecule has 7 nitrogen and oxygen atoms in total. The lowest BCUT2D eigenvalue weighted by Gasteiger charge is -2.01. The lowest BCUT2D eigenvalue weighted by molar-refractivity contribution is -0.151. The molecule has 0 saturated heterocycles. The minimum Gasteiger partial charge on any atom is -0.507 e. The molecule has 0 aliphatic rings. The Morgan fingerprint density at radius 2 is 2.26 bits per heavy atom. The Kier molecular flexibility index (Phi) is 3.56. The van der Waals surface area contributed by atoms with Gasteiger partial charge in [0.05, 0.1) is 6.61 Å². The van der Waals surface area contributed by atoms with Gasteiger partial charge in [-0.15, -0.1) is 0 Å². The van der Waals surface area contributed by atoms with Crippen LogP contribution in [-0.2, 0) is 14.3 Å². The molecule has 0 atom stereocenters. The number of fused-ring (bicyclic) bond motifs is 1. The van der Waals surface area contributed by atoms with Crippen molar-refractivity contribution < 1.29 is 19.4 Å². The molecule has 2 heterocycles. The Morgan fingerprint density at radius 1 is 1.47 bits per heavy atom. The molecule has 0 aliphatic heterocycles. The van der Waals surface area contributed by atoms with Crippen LogP contribution < -0.4 is 0 Å². The van der Waals surface area contributed by atoms with E-state index in [1.54, 1.807) is 19.1 Å². The standard InChI is InChI=1S/C12H11N3O4/c1-2-19-12(18)10(17)5-9(16)8-3-4-11-13-7-14-15(11)6-8/h3-7,16H,2H2,1H3. The number of nitrogens with zero attached hydrogens (tertiary/aromatic N) is 3. The molecule has 0 amide bonds. The van der Waals surface area contributed by atoms with Gasteiger partial charge in [0.2, 0.25) is 0 Å². The van der Waals surface area contributed by atoms with E-state index in [1.807, 2.05) is 0 Å². The summed E-state index contributed by atoms with van der Waals surface area (Å²) < 4.78 is 5.97. The zero-order valence-electron chi connectivity index (χ0n) is 10.1. The van der Waals surface area contributed by atoms with Gasteiger partial charge in [0, 0.05) is 17.8 Å². The van der Waals surface area contributed by atoms with Crippen LogP contribution in [0.1, 0.15) is 12.5 Å². The number of carbonyl (C=O) groups is 2. The summed E-state index contributed by atoms with van der Waals surface area (Å²) >= 11 is 0. The molecule has 0 saturated carbocycles. The van der Waals surface area contributed by atoms with Crippen molar-refractivity contribution in [1.29, 1.82) is 0 Å². The van der Waals surface area contributed by atoms with Crippen molar-refractivity contribution in [2.75, 3.05) is 6.61 Å². The molecule has 98 valence electrons. The van der Waals surface area contributed by atoms with E-state index in [2.05, 4.69) is 14.8 Å². The second-order valence-electron chi connectivity index (χ2n) is 3.59. The molecule has 7 heteroatoms. The molecule has 0 fully saturated rings. The van der Waals surface area contributed by atoms with E-state index in [4.69, 9.17) is 0 Å². The summed E-state index contributed by atoms with van der Waals surface area (Å²) in [5, 5.41) is 13.7. The fraction of sp³-hybridized carbons (Fsp3) is 0.167. The van der Waals surface area contributed by atoms with Crippen molar-refractivity contribution in [3.05, 3.63) is 36.3 Å². The van der Waals surface area contributed by atoms with Crippen LogP contribution in [-0.4, -0.2) is 38.1 Å². The average Bonchev–Trinajstić information content (AvgIpc) is 2.85. The van der Waals surface area contributed by atoms with Crippen LogP contribution in [0.3, 0.4) is 0 Å². The molecule has 0 spiro atoms. The smallest absolute Gasteiger partial charge is 0.379 e. The molecule has 19 heavy (non-hydrogen) atoms. The molecule has 0 aliphatic carbocycles. The summed E-state index contributed by atoms with van der Waals surface area (Å²) in [6.45, 7) is 1.69. The zero-order chi connectivity index (χ0) is 13.8. The maximum absolute atomic E-state index is 11.4. The first-order chi connectivity index (χ1) is 9.11. The van der Waals surface area contributed by atoms with Crippen LogP contribution in [0.5, 0.6) is 0 Å². The van der Waals surface area contributed by atoms with E-state index < -0.39 is 11.8 Å². The summed E-state index contributed by atoms with van der Waals surface area (Å²) in [5.41, 5.74) is 0.948. The first kappa shape index (κ1) is 12.7. The van der Waals surface area contributed by atoms with Gasteiger partial charge in [-0.2, -0.15) is 5.10 Å². The van der Waals surface area contributed by atoms with Crippen molar-refractivity contribution >= 4 is 23.2 Å². The highest BCUT2D eigenvalue weighted by atomic mass is 16.5. The summed E-state index contributed by atoms with van der Waals surface area (Å²) in [6.07, 6.45) is 3.67. The highest BCUT2D eigenvalue weighted by Crippen LogP contribution is 2.12. The first-order valence-electron chi connectivity index (χ1n) is 5.53. The van der Waals surface area contributed by atoms with Gasteiger partial charge in [0.1, 0.15) is 12.1 Å². The van der Waals surface area contributed by atoms with Crippen molar-refractivity contribution in [2.45, 2.75) is 6.92 Å². The highest BCUT2D eigenvalue weighted by molar-refractivity contribution is 6.39. The Labute approximate surface area is 108 Å². The summed E-state index contributed by atoms with van der Waals surface area (Å²) in [5.74, 6) is -2.26. The number of ether oxygens (including phenoxy) is 1. The molecule has 2 aromatic rings. The lowest BCUT2D eigenvalue weighted by atomic mass is 10.2. The Morgan fingerprint density at radius 3 is 3.00 bits per heavy atom. The molecule has 2 aromatic heterocycles. The van der Waals surface area contributed by atoms with Gasteiger partial charge in [0.25, 0.3) is 5.78 Å². The molecular formula is C12H11N3O4. The third kappa shape index (κ3) is 2.76. The average molecular weight is 261 g/mol. The van der Waals surface area contributed by atoms with E-state index in [1.165, 1.54) is 17.0 Å². The Bertz CT molecular complexity index is 660. The van der Waals surface area contributed by atoms with Crippen molar-refractivity contribution in [2.24, 2.45) is 0 Å². The molecule has 0 bridgehead atoms. The normalized spacial score (nSPS) is 11.5. The fourth-order valence-corrected chi connectivity index (χ4v) is 1.44. The van der Waals surface area contributed by atoms with E-state index in [-0.39, 0.29) is 12.4 Å². The van der Waals surface area contributed by atoms with Crippen LogP contribution in [0.25, 0.3) is 11.4 Å². The van der Waals surface area contributed by atoms with Crippen molar-refractivity contribution in [3.63, 3.8) is 0 Å². The highest BCUT2D eigenvalue weighted by Gasteiger charge is 2.14. The van der Waals surface area contributed by atoms with Gasteiger partial charge >= 0.3 is 5.97 Å². The summed E-state index contributed by atoms with van der Waals surface area (Å²) in [6, 6.07) is 3.19. The summed E-state index contributed by atoms with van der Waals surface area (Å²) in [7, 11) is 0. The largest absolute Gasteiger partial charge is 0.507 e. The Hall–Kier alpha value is -2.70. The van der Waals surface area contributed by atoms with Crippen LogP contribution >= 0.6 is 0 Å². The van der Waals surface area contributed by atoms with Crippen molar-refractivity contribution in [1.82, 2.24) is 14.6 Å². The lowest BCUT2D eigenvalue weighted by Crippen LogP contribution is -2.15. The number of rotatable bonds is 4. The number of esters is 1. The SMILES string of the molecule is CCOC(=O)C(=O)C=C(O)c1ccc2ncnn2c1. The Balaban J connectivity index is 2.24. The van der Waals surface area contributed by atoms with Crippen LogP contribution in [0.15, 0.2) is 30.7 Å². The number of aromatic nitrogens is 3. The fourth-order valence-electron chi connectivity index (χ4n) is 1.44. The van der Waals surface area contributed by atoms with Crippen LogP contribution in [0.2, 0.25) is 0 Å². The number of hydrogen-bond donors (Lipinski definition) is 1. The zero-order valence-corrected chi connectivity index (χ0v) is 10.1. The van der Waals surface area contributed by atoms with E-state index >= 15 is 0 Å². The number of carbonyl (C=O) groups excluding carboxylic acids is 2. The third-order valence-corrected chi connectivity index (χ3v) is 2.31. The maximum Gasteiger partial charge on any atom is 0.379 e. The van der Waals surface area contributed by atoms with Gasteiger partial charge < -0.3 is 9.84 Å². The van der Waals surface area contributed by atoms with Gasteiger partial charge in [-0.3, -0.25) is 4.79 Å². The van der Waals surface area contributed by atoms with Gasteiger partial charge in [-0.05, 0) is 19.1 Å². The number of hydrogen-bond acceptors (Lipinski definition) is 6. The molecule has 0 aromatic carbocycles. The molecule has 1 N–H and O–H groups in total. The predicted molar refractivity (Wildman–Crippen MR) is 65.2 cm³/mol. The first-order valence-corrected chi connectivity index (χ1v) is 5.53. The van der Waals surface area contributed by atoms with Crippen LogP contribution in [0, 0.1) is 0 Å². The second-order valence-corrected chi connectivity index (χ2v) is 3.59. The number of aliphatic hydroxyl groups is 1.